The fourth-order valence-electron chi connectivity index (χ4n) is 0.581. The van der Waals surface area contributed by atoms with Gasteiger partial charge < -0.3 is 4.52 Å². The highest BCUT2D eigenvalue weighted by Crippen LogP contribution is 2.47. The third kappa shape index (κ3) is 4.78. The van der Waals surface area contributed by atoms with Crippen molar-refractivity contribution < 1.29 is 9.09 Å². The molecule has 60 valence electrons. The molecule has 0 N–H and O–H groups in total. The lowest BCUT2D eigenvalue weighted by molar-refractivity contribution is 0.139. The minimum Gasteiger partial charge on any atom is -0.320 e. The highest BCUT2D eigenvalue weighted by Gasteiger charge is 2.20. The Morgan fingerprint density at radius 3 is 2.00 bits per heavy atom. The smallest absolute Gasteiger partial charge is 0.222 e. The SMILES string of the molecule is C=CP(C)(=O)OC(C)(C)C. The van der Waals surface area contributed by atoms with E-state index in [2.05, 4.69) is 6.58 Å². The van der Waals surface area contributed by atoms with Crippen molar-refractivity contribution in [1.29, 1.82) is 0 Å². The Labute approximate surface area is 62.7 Å². The van der Waals surface area contributed by atoms with E-state index in [1.54, 1.807) is 6.66 Å². The van der Waals surface area contributed by atoms with E-state index in [-0.39, 0.29) is 5.60 Å². The van der Waals surface area contributed by atoms with Crippen molar-refractivity contribution in [2.24, 2.45) is 0 Å². The van der Waals surface area contributed by atoms with Gasteiger partial charge in [-0.25, -0.2) is 0 Å². The molecule has 0 aliphatic rings. The van der Waals surface area contributed by atoms with Crippen LogP contribution >= 0.6 is 7.37 Å². The Bertz CT molecular complexity index is 167. The van der Waals surface area contributed by atoms with E-state index < -0.39 is 7.37 Å². The Morgan fingerprint density at radius 2 is 1.90 bits per heavy atom. The molecular weight excluding hydrogens is 147 g/mol. The summed E-state index contributed by atoms with van der Waals surface area (Å²) in [5.41, 5.74) is -0.349. The molecule has 0 rings (SSSR count). The van der Waals surface area contributed by atoms with E-state index in [0.717, 1.165) is 0 Å². The minimum atomic E-state index is -2.53. The highest BCUT2D eigenvalue weighted by atomic mass is 31.2. The zero-order chi connectivity index (χ0) is 8.41. The van der Waals surface area contributed by atoms with Crippen LogP contribution in [0.25, 0.3) is 0 Å². The van der Waals surface area contributed by atoms with Crippen molar-refractivity contribution in [2.45, 2.75) is 26.4 Å². The van der Waals surface area contributed by atoms with Gasteiger partial charge in [0.05, 0.1) is 5.60 Å². The molecule has 0 bridgehead atoms. The van der Waals surface area contributed by atoms with Crippen LogP contribution in [0.5, 0.6) is 0 Å². The van der Waals surface area contributed by atoms with E-state index in [4.69, 9.17) is 4.52 Å². The first-order valence-corrected chi connectivity index (χ1v) is 5.32. The molecule has 3 heteroatoms. The van der Waals surface area contributed by atoms with Gasteiger partial charge in [-0.1, -0.05) is 6.58 Å². The summed E-state index contributed by atoms with van der Waals surface area (Å²) in [6.07, 6.45) is 0. The van der Waals surface area contributed by atoms with Crippen LogP contribution in [-0.4, -0.2) is 12.3 Å². The molecule has 0 aromatic carbocycles. The second-order valence-corrected chi connectivity index (χ2v) is 5.66. The van der Waals surface area contributed by atoms with Gasteiger partial charge in [-0.15, -0.1) is 0 Å². The molecule has 2 nitrogen and oxygen atoms in total. The molecule has 0 saturated carbocycles. The predicted octanol–water partition coefficient (Wildman–Crippen LogP) is 2.85. The van der Waals surface area contributed by atoms with Gasteiger partial charge in [0.25, 0.3) is 0 Å². The monoisotopic (exact) mass is 162 g/mol. The summed E-state index contributed by atoms with van der Waals surface area (Å²) in [7, 11) is -2.53. The van der Waals surface area contributed by atoms with Gasteiger partial charge in [-0.2, -0.15) is 0 Å². The molecule has 0 saturated heterocycles. The van der Waals surface area contributed by atoms with Crippen molar-refractivity contribution in [3.05, 3.63) is 12.4 Å². The molecule has 0 spiro atoms. The van der Waals surface area contributed by atoms with Gasteiger partial charge in [0, 0.05) is 6.66 Å². The predicted molar refractivity (Wildman–Crippen MR) is 44.6 cm³/mol. The van der Waals surface area contributed by atoms with E-state index >= 15 is 0 Å². The van der Waals surface area contributed by atoms with Crippen LogP contribution in [0.3, 0.4) is 0 Å². The molecule has 1 atom stereocenters. The van der Waals surface area contributed by atoms with E-state index in [0.29, 0.717) is 0 Å². The molecule has 0 fully saturated rings. The maximum Gasteiger partial charge on any atom is 0.222 e. The Kier molecular flexibility index (Phi) is 2.87. The molecule has 0 amide bonds. The summed E-state index contributed by atoms with van der Waals surface area (Å²) < 4.78 is 16.5. The first-order chi connectivity index (χ1) is 4.27. The van der Waals surface area contributed by atoms with Crippen LogP contribution in [0.15, 0.2) is 12.4 Å². The van der Waals surface area contributed by atoms with Crippen LogP contribution in [0.1, 0.15) is 20.8 Å². The van der Waals surface area contributed by atoms with E-state index in [9.17, 15) is 4.57 Å². The number of hydrogen-bond acceptors (Lipinski definition) is 2. The lowest BCUT2D eigenvalue weighted by Gasteiger charge is -2.22. The topological polar surface area (TPSA) is 26.3 Å². The minimum absolute atomic E-state index is 0.349. The normalized spacial score (nSPS) is 18.0. The molecule has 0 aliphatic heterocycles. The van der Waals surface area contributed by atoms with E-state index in [1.165, 1.54) is 5.82 Å². The van der Waals surface area contributed by atoms with Gasteiger partial charge in [0.2, 0.25) is 7.37 Å². The van der Waals surface area contributed by atoms with Crippen LogP contribution in [0.4, 0.5) is 0 Å². The fourth-order valence-corrected chi connectivity index (χ4v) is 1.74. The molecule has 1 unspecified atom stereocenters. The summed E-state index contributed by atoms with van der Waals surface area (Å²) in [4.78, 5) is 0. The average molecular weight is 162 g/mol. The first kappa shape index (κ1) is 9.93. The molecule has 0 aliphatic carbocycles. The highest BCUT2D eigenvalue weighted by molar-refractivity contribution is 7.61. The molecular formula is C7H15O2P. The van der Waals surface area contributed by atoms with Crippen molar-refractivity contribution in [2.75, 3.05) is 6.66 Å². The lowest BCUT2D eigenvalue weighted by Crippen LogP contribution is -2.16. The number of hydrogen-bond donors (Lipinski definition) is 0. The second kappa shape index (κ2) is 2.89. The van der Waals surface area contributed by atoms with Crippen molar-refractivity contribution in [3.63, 3.8) is 0 Å². The number of rotatable bonds is 2. The Balaban J connectivity index is 4.16. The zero-order valence-corrected chi connectivity index (χ0v) is 7.94. The Hall–Kier alpha value is -0.0700. The third-order valence-electron chi connectivity index (χ3n) is 0.787. The average Bonchev–Trinajstić information content (AvgIpc) is 1.60. The molecule has 0 radical (unpaired) electrons. The maximum atomic E-state index is 11.3. The van der Waals surface area contributed by atoms with E-state index in [1.807, 2.05) is 20.8 Å². The largest absolute Gasteiger partial charge is 0.320 e. The maximum absolute atomic E-state index is 11.3. The summed E-state index contributed by atoms with van der Waals surface area (Å²) in [5.74, 6) is 1.37. The summed E-state index contributed by atoms with van der Waals surface area (Å²) in [5, 5.41) is 0. The summed E-state index contributed by atoms with van der Waals surface area (Å²) in [6.45, 7) is 10.6. The standard InChI is InChI=1S/C7H15O2P/c1-6-10(5,8)9-7(2,3)4/h6H,1H2,2-5H3. The van der Waals surface area contributed by atoms with Crippen molar-refractivity contribution in [3.8, 4) is 0 Å². The van der Waals surface area contributed by atoms with Crippen LogP contribution < -0.4 is 0 Å². The van der Waals surface area contributed by atoms with Gasteiger partial charge >= 0.3 is 0 Å². The van der Waals surface area contributed by atoms with Crippen molar-refractivity contribution >= 4 is 7.37 Å². The Morgan fingerprint density at radius 1 is 1.50 bits per heavy atom. The molecule has 10 heavy (non-hydrogen) atoms. The molecule has 0 aromatic heterocycles. The summed E-state index contributed by atoms with van der Waals surface area (Å²) in [6, 6.07) is 0. The van der Waals surface area contributed by atoms with Crippen molar-refractivity contribution in [1.82, 2.24) is 0 Å². The molecule has 0 aromatic rings. The lowest BCUT2D eigenvalue weighted by atomic mass is 10.2. The zero-order valence-electron chi connectivity index (χ0n) is 7.05. The third-order valence-corrected chi connectivity index (χ3v) is 2.36. The van der Waals surface area contributed by atoms with Gasteiger partial charge in [-0.05, 0) is 26.6 Å². The summed E-state index contributed by atoms with van der Waals surface area (Å²) >= 11 is 0. The van der Waals surface area contributed by atoms with Crippen LogP contribution in [-0.2, 0) is 9.09 Å². The van der Waals surface area contributed by atoms with Crippen LogP contribution in [0, 0.1) is 0 Å². The fraction of sp³-hybridized carbons (Fsp3) is 0.714. The first-order valence-electron chi connectivity index (χ1n) is 3.18. The van der Waals surface area contributed by atoms with Gasteiger partial charge in [0.1, 0.15) is 0 Å². The molecule has 0 heterocycles. The quantitative estimate of drug-likeness (QED) is 0.583. The van der Waals surface area contributed by atoms with Crippen LogP contribution in [0.2, 0.25) is 0 Å². The second-order valence-electron chi connectivity index (χ2n) is 3.29. The van der Waals surface area contributed by atoms with Gasteiger partial charge in [-0.3, -0.25) is 4.57 Å². The van der Waals surface area contributed by atoms with Gasteiger partial charge in [0.15, 0.2) is 0 Å².